The number of rotatable bonds is 10. The first kappa shape index (κ1) is 21.3. The Kier molecular flexibility index (Phi) is 8.47. The molecule has 2 rings (SSSR count). The standard InChI is InChI=1S/C12H19N5O6P2S/c13-2-1-3-21-25(20,26)22-6-9-4-10(5-11(9)23-24(18)19)17-12-15-7-14-8-16-12/h7-11,24H,1,3-6H2,(H,18,19)(H,20,26)(H,14,15,16,17)/t9-,10-,11+,25?/m1/s1. The number of aromatic nitrogens is 3. The van der Waals surface area contributed by atoms with E-state index in [4.69, 9.17) is 35.5 Å². The van der Waals surface area contributed by atoms with Crippen LogP contribution in [0.25, 0.3) is 0 Å². The Labute approximate surface area is 155 Å². The Hall–Kier alpha value is -1.02. The van der Waals surface area contributed by atoms with Crippen molar-refractivity contribution in [3.63, 3.8) is 0 Å². The molecule has 1 saturated carbocycles. The van der Waals surface area contributed by atoms with Gasteiger partial charge in [0.2, 0.25) is 5.95 Å². The zero-order chi connectivity index (χ0) is 19.0. The van der Waals surface area contributed by atoms with E-state index < -0.39 is 21.1 Å². The van der Waals surface area contributed by atoms with Crippen molar-refractivity contribution in [3.05, 3.63) is 12.7 Å². The highest BCUT2D eigenvalue weighted by atomic mass is 32.5. The average molecular weight is 423 g/mol. The Morgan fingerprint density at radius 3 is 2.81 bits per heavy atom. The van der Waals surface area contributed by atoms with Gasteiger partial charge < -0.3 is 28.7 Å². The van der Waals surface area contributed by atoms with Crippen molar-refractivity contribution in [1.29, 1.82) is 5.26 Å². The molecule has 0 saturated heterocycles. The van der Waals surface area contributed by atoms with Crippen LogP contribution in [0.4, 0.5) is 5.95 Å². The summed E-state index contributed by atoms with van der Waals surface area (Å²) in [4.78, 5) is 30.7. The third-order valence-electron chi connectivity index (χ3n) is 3.63. The molecule has 0 amide bonds. The minimum Gasteiger partial charge on any atom is -0.351 e. The molecule has 14 heteroatoms. The van der Waals surface area contributed by atoms with Gasteiger partial charge in [0, 0.05) is 12.0 Å². The number of nitriles is 1. The largest absolute Gasteiger partial charge is 0.351 e. The minimum absolute atomic E-state index is 0.00444. The smallest absolute Gasteiger partial charge is 0.324 e. The summed E-state index contributed by atoms with van der Waals surface area (Å²) in [6.07, 6.45) is 3.19. The molecule has 1 heterocycles. The second-order valence-corrected chi connectivity index (χ2v) is 9.07. The first-order valence-electron chi connectivity index (χ1n) is 7.66. The summed E-state index contributed by atoms with van der Waals surface area (Å²) in [6, 6.07) is 1.75. The first-order chi connectivity index (χ1) is 12.4. The molecule has 1 aliphatic carbocycles. The van der Waals surface area contributed by atoms with Crippen molar-refractivity contribution in [2.45, 2.75) is 31.4 Å². The van der Waals surface area contributed by atoms with Crippen LogP contribution in [0, 0.1) is 17.2 Å². The molecule has 2 unspecified atom stereocenters. The van der Waals surface area contributed by atoms with Gasteiger partial charge in [-0.05, 0) is 24.6 Å². The van der Waals surface area contributed by atoms with E-state index in [0.717, 1.165) is 0 Å². The highest BCUT2D eigenvalue weighted by Gasteiger charge is 2.37. The van der Waals surface area contributed by atoms with Crippen molar-refractivity contribution >= 4 is 32.7 Å². The molecule has 5 atom stereocenters. The second kappa shape index (κ2) is 10.3. The van der Waals surface area contributed by atoms with Gasteiger partial charge >= 0.3 is 15.0 Å². The molecule has 1 aromatic rings. The maximum atomic E-state index is 11.1. The summed E-state index contributed by atoms with van der Waals surface area (Å²) < 4.78 is 26.5. The fourth-order valence-electron chi connectivity index (χ4n) is 2.58. The van der Waals surface area contributed by atoms with Crippen LogP contribution in [0.2, 0.25) is 0 Å². The molecule has 11 nitrogen and oxygen atoms in total. The molecule has 26 heavy (non-hydrogen) atoms. The Bertz CT molecular complexity index is 692. The summed E-state index contributed by atoms with van der Waals surface area (Å²) in [5, 5.41) is 11.6. The fourth-order valence-corrected chi connectivity index (χ4v) is 4.31. The molecule has 0 aliphatic heterocycles. The van der Waals surface area contributed by atoms with Gasteiger partial charge in [-0.15, -0.1) is 0 Å². The zero-order valence-corrected chi connectivity index (χ0v) is 16.3. The third-order valence-corrected chi connectivity index (χ3v) is 5.75. The number of anilines is 1. The fraction of sp³-hybridized carbons (Fsp3) is 0.667. The molecular weight excluding hydrogens is 404 g/mol. The Balaban J connectivity index is 1.92. The topological polar surface area (TPSA) is 160 Å². The van der Waals surface area contributed by atoms with Crippen LogP contribution in [-0.2, 0) is 29.9 Å². The molecule has 0 radical (unpaired) electrons. The van der Waals surface area contributed by atoms with Crippen LogP contribution < -0.4 is 5.32 Å². The maximum Gasteiger partial charge on any atom is 0.324 e. The third kappa shape index (κ3) is 7.31. The van der Waals surface area contributed by atoms with Gasteiger partial charge in [0.15, 0.2) is 0 Å². The van der Waals surface area contributed by atoms with Crippen molar-refractivity contribution in [1.82, 2.24) is 15.0 Å². The summed E-state index contributed by atoms with van der Waals surface area (Å²) in [5.74, 6) is 0.0959. The predicted octanol–water partition coefficient (Wildman–Crippen LogP) is 0.993. The Morgan fingerprint density at radius 2 is 2.15 bits per heavy atom. The van der Waals surface area contributed by atoms with E-state index in [0.29, 0.717) is 18.8 Å². The number of hydrogen-bond acceptors (Lipinski definition) is 10. The number of nitrogens with one attached hydrogen (secondary N) is 1. The molecular formula is C12H19N5O6P2S. The first-order valence-corrected chi connectivity index (χ1v) is 11.5. The van der Waals surface area contributed by atoms with Crippen LogP contribution in [0.3, 0.4) is 0 Å². The second-order valence-electron chi connectivity index (χ2n) is 5.46. The highest BCUT2D eigenvalue weighted by molar-refractivity contribution is 8.07. The summed E-state index contributed by atoms with van der Waals surface area (Å²) in [6.45, 7) is -3.51. The van der Waals surface area contributed by atoms with Gasteiger partial charge in [0.25, 0.3) is 0 Å². The van der Waals surface area contributed by atoms with Crippen LogP contribution in [-0.4, -0.2) is 50.1 Å². The zero-order valence-electron chi connectivity index (χ0n) is 13.6. The van der Waals surface area contributed by atoms with Crippen molar-refractivity contribution in [2.75, 3.05) is 18.5 Å². The summed E-state index contributed by atoms with van der Waals surface area (Å²) in [7, 11) is -3.14. The molecule has 0 bridgehead atoms. The molecule has 1 aliphatic rings. The van der Waals surface area contributed by atoms with E-state index in [1.54, 1.807) is 0 Å². The molecule has 3 N–H and O–H groups in total. The van der Waals surface area contributed by atoms with E-state index in [9.17, 15) is 9.46 Å². The van der Waals surface area contributed by atoms with Gasteiger partial charge in [0.1, 0.15) is 12.7 Å². The molecule has 144 valence electrons. The van der Waals surface area contributed by atoms with Crippen LogP contribution >= 0.6 is 15.0 Å². The SMILES string of the molecule is N#CCCOP(O)(=S)OC[C@H]1C[C@@H](Nc2ncncn2)C[C@@H]1O[PH](=O)O. The molecule has 1 fully saturated rings. The van der Waals surface area contributed by atoms with Crippen LogP contribution in [0.5, 0.6) is 0 Å². The van der Waals surface area contributed by atoms with Crippen molar-refractivity contribution in [3.8, 4) is 6.07 Å². The summed E-state index contributed by atoms with van der Waals surface area (Å²) >= 11 is 4.88. The van der Waals surface area contributed by atoms with Crippen LogP contribution in [0.15, 0.2) is 12.7 Å². The lowest BCUT2D eigenvalue weighted by molar-refractivity contribution is 0.101. The van der Waals surface area contributed by atoms with Gasteiger partial charge in [-0.2, -0.15) is 5.26 Å². The normalized spacial score (nSPS) is 26.0. The minimum atomic E-state index is -3.48. The molecule has 0 aromatic carbocycles. The number of hydrogen-bond donors (Lipinski definition) is 3. The highest BCUT2D eigenvalue weighted by Crippen LogP contribution is 2.46. The molecule has 0 spiro atoms. The van der Waals surface area contributed by atoms with E-state index in [2.05, 4.69) is 20.3 Å². The van der Waals surface area contributed by atoms with E-state index in [1.807, 2.05) is 6.07 Å². The lowest BCUT2D eigenvalue weighted by Crippen LogP contribution is -2.20. The van der Waals surface area contributed by atoms with E-state index >= 15 is 0 Å². The molecule has 1 aromatic heterocycles. The van der Waals surface area contributed by atoms with E-state index in [1.165, 1.54) is 12.7 Å². The van der Waals surface area contributed by atoms with Gasteiger partial charge in [-0.25, -0.2) is 15.0 Å². The summed E-state index contributed by atoms with van der Waals surface area (Å²) in [5.41, 5.74) is 0. The Morgan fingerprint density at radius 1 is 1.42 bits per heavy atom. The maximum absolute atomic E-state index is 11.1. The monoisotopic (exact) mass is 423 g/mol. The number of nitrogens with zero attached hydrogens (tertiary/aromatic N) is 4. The lowest BCUT2D eigenvalue weighted by Gasteiger charge is -2.21. The van der Waals surface area contributed by atoms with E-state index in [-0.39, 0.29) is 31.6 Å². The van der Waals surface area contributed by atoms with Crippen molar-refractivity contribution in [2.24, 2.45) is 5.92 Å². The predicted molar refractivity (Wildman–Crippen MR) is 94.7 cm³/mol. The van der Waals surface area contributed by atoms with Crippen LogP contribution in [0.1, 0.15) is 19.3 Å². The van der Waals surface area contributed by atoms with Gasteiger partial charge in [-0.3, -0.25) is 4.57 Å². The average Bonchev–Trinajstić information content (AvgIpc) is 2.95. The van der Waals surface area contributed by atoms with Gasteiger partial charge in [-0.1, -0.05) is 0 Å². The van der Waals surface area contributed by atoms with Crippen molar-refractivity contribution < 1.29 is 27.9 Å². The lowest BCUT2D eigenvalue weighted by atomic mass is 10.1. The quantitative estimate of drug-likeness (QED) is 0.362. The van der Waals surface area contributed by atoms with Gasteiger partial charge in [0.05, 0.1) is 31.8 Å².